The predicted molar refractivity (Wildman–Crippen MR) is 95.6 cm³/mol. The summed E-state index contributed by atoms with van der Waals surface area (Å²) in [6.45, 7) is 3.30. The average molecular weight is 352 g/mol. The van der Waals surface area contributed by atoms with Crippen LogP contribution in [0.15, 0.2) is 12.4 Å². The van der Waals surface area contributed by atoms with Gasteiger partial charge in [-0.15, -0.1) is 0 Å². The fourth-order valence-corrected chi connectivity index (χ4v) is 3.28. The molecule has 130 valence electrons. The number of nitrogens with zero attached hydrogens (tertiary/aromatic N) is 2. The van der Waals surface area contributed by atoms with Gasteiger partial charge in [-0.05, 0) is 19.8 Å². The monoisotopic (exact) mass is 351 g/mol. The van der Waals surface area contributed by atoms with Gasteiger partial charge in [0.25, 0.3) is 5.91 Å². The van der Waals surface area contributed by atoms with Crippen molar-refractivity contribution in [3.8, 4) is 0 Å². The molecule has 7 nitrogen and oxygen atoms in total. The number of anilines is 2. The number of ether oxygens (including phenoxy) is 1. The van der Waals surface area contributed by atoms with Crippen LogP contribution in [0.2, 0.25) is 5.02 Å². The Hall–Kier alpha value is -1.83. The second-order valence-electron chi connectivity index (χ2n) is 6.10. The second-order valence-corrected chi connectivity index (χ2v) is 6.50. The number of hydrogen-bond acceptors (Lipinski definition) is 5. The summed E-state index contributed by atoms with van der Waals surface area (Å²) in [5.41, 5.74) is 8.29. The molecule has 8 heteroatoms. The topological polar surface area (TPSA) is 96.3 Å². The maximum absolute atomic E-state index is 12.2. The van der Waals surface area contributed by atoms with E-state index in [4.69, 9.17) is 22.1 Å². The molecule has 1 saturated heterocycles. The molecule has 2 atom stereocenters. The van der Waals surface area contributed by atoms with Gasteiger partial charge in [0.1, 0.15) is 11.8 Å². The van der Waals surface area contributed by atoms with Crippen LogP contribution in [-0.2, 0) is 9.53 Å². The van der Waals surface area contributed by atoms with Crippen molar-refractivity contribution in [2.24, 2.45) is 5.73 Å². The molecule has 0 radical (unpaired) electrons. The number of carbonyl (C=O) groups is 1. The molecule has 1 amide bonds. The molecule has 1 aliphatic rings. The number of halogens is 1. The molecule has 0 aliphatic carbocycles. The number of methoxy groups -OCH3 is 1. The summed E-state index contributed by atoms with van der Waals surface area (Å²) in [7, 11) is 1.50. The average Bonchev–Trinajstić information content (AvgIpc) is 2.96. The van der Waals surface area contributed by atoms with Crippen LogP contribution in [0.3, 0.4) is 0 Å². The van der Waals surface area contributed by atoms with Gasteiger partial charge in [0.05, 0.1) is 28.0 Å². The number of carbonyl (C=O) groups excluding carboxylic acids is 1. The quantitative estimate of drug-likeness (QED) is 0.784. The van der Waals surface area contributed by atoms with Gasteiger partial charge in [0.15, 0.2) is 0 Å². The summed E-state index contributed by atoms with van der Waals surface area (Å²) in [4.78, 5) is 21.7. The van der Waals surface area contributed by atoms with Gasteiger partial charge in [-0.25, -0.2) is 4.98 Å². The summed E-state index contributed by atoms with van der Waals surface area (Å²) in [6.07, 6.45) is 4.81. The summed E-state index contributed by atoms with van der Waals surface area (Å²) in [5, 5.41) is 4.23. The van der Waals surface area contributed by atoms with Crippen LogP contribution in [0.25, 0.3) is 11.0 Å². The number of piperidine rings is 1. The Morgan fingerprint density at radius 1 is 1.62 bits per heavy atom. The molecular formula is C16H22ClN5O2. The molecule has 0 bridgehead atoms. The zero-order chi connectivity index (χ0) is 17.3. The molecule has 1 fully saturated rings. The van der Waals surface area contributed by atoms with Gasteiger partial charge in [-0.1, -0.05) is 11.6 Å². The van der Waals surface area contributed by atoms with Gasteiger partial charge in [-0.2, -0.15) is 0 Å². The van der Waals surface area contributed by atoms with E-state index in [1.54, 1.807) is 19.3 Å². The summed E-state index contributed by atoms with van der Waals surface area (Å²) >= 11 is 6.44. The SMILES string of the molecule is CO[C@H](C)C(=O)Nc1c[nH]c2ncc(Cl)c(N3CCC[C@@H](N)C3)c12. The van der Waals surface area contributed by atoms with Crippen molar-refractivity contribution in [1.29, 1.82) is 0 Å². The molecule has 0 spiro atoms. The van der Waals surface area contributed by atoms with Gasteiger partial charge in [0.2, 0.25) is 0 Å². The number of amides is 1. The van der Waals surface area contributed by atoms with Crippen molar-refractivity contribution in [3.63, 3.8) is 0 Å². The van der Waals surface area contributed by atoms with Gasteiger partial charge < -0.3 is 25.7 Å². The molecule has 4 N–H and O–H groups in total. The predicted octanol–water partition coefficient (Wildman–Crippen LogP) is 2.12. The van der Waals surface area contributed by atoms with E-state index in [-0.39, 0.29) is 11.9 Å². The first-order chi connectivity index (χ1) is 11.5. The minimum absolute atomic E-state index is 0.114. The third-order valence-electron chi connectivity index (χ3n) is 4.38. The maximum atomic E-state index is 12.2. The molecule has 2 aromatic rings. The number of fused-ring (bicyclic) bond motifs is 1. The van der Waals surface area contributed by atoms with E-state index >= 15 is 0 Å². The summed E-state index contributed by atoms with van der Waals surface area (Å²) in [5.74, 6) is -0.223. The van der Waals surface area contributed by atoms with E-state index in [1.807, 2.05) is 0 Å². The van der Waals surface area contributed by atoms with E-state index in [2.05, 4.69) is 20.2 Å². The Labute approximate surface area is 145 Å². The zero-order valence-corrected chi connectivity index (χ0v) is 14.6. The molecule has 2 aromatic heterocycles. The van der Waals surface area contributed by atoms with Crippen LogP contribution < -0.4 is 16.0 Å². The van der Waals surface area contributed by atoms with Crippen molar-refractivity contribution in [2.45, 2.75) is 31.9 Å². The first-order valence-corrected chi connectivity index (χ1v) is 8.38. The Kier molecular flexibility index (Phi) is 4.93. The number of H-pyrrole nitrogens is 1. The minimum Gasteiger partial charge on any atom is -0.372 e. The molecule has 1 aliphatic heterocycles. The van der Waals surface area contributed by atoms with Crippen LogP contribution in [0.4, 0.5) is 11.4 Å². The van der Waals surface area contributed by atoms with Crippen molar-refractivity contribution in [2.75, 3.05) is 30.4 Å². The number of rotatable bonds is 4. The minimum atomic E-state index is -0.547. The summed E-state index contributed by atoms with van der Waals surface area (Å²) < 4.78 is 5.07. The van der Waals surface area contributed by atoms with Crippen molar-refractivity contribution in [3.05, 3.63) is 17.4 Å². The highest BCUT2D eigenvalue weighted by Crippen LogP contribution is 2.38. The maximum Gasteiger partial charge on any atom is 0.253 e. The number of nitrogens with two attached hydrogens (primary N) is 1. The largest absolute Gasteiger partial charge is 0.372 e. The van der Waals surface area contributed by atoms with Gasteiger partial charge in [-0.3, -0.25) is 4.79 Å². The number of aromatic amines is 1. The Balaban J connectivity index is 2.02. The molecule has 0 unspecified atom stereocenters. The summed E-state index contributed by atoms with van der Waals surface area (Å²) in [6, 6.07) is 0.114. The van der Waals surface area contributed by atoms with E-state index in [0.29, 0.717) is 16.4 Å². The number of pyridine rings is 1. The van der Waals surface area contributed by atoms with Crippen molar-refractivity contribution >= 4 is 39.9 Å². The molecule has 24 heavy (non-hydrogen) atoms. The first-order valence-electron chi connectivity index (χ1n) is 8.01. The van der Waals surface area contributed by atoms with Crippen molar-refractivity contribution < 1.29 is 9.53 Å². The standard InChI is InChI=1S/C16H22ClN5O2/c1-9(24-2)16(23)21-12-7-20-15-13(12)14(11(17)6-19-15)22-5-3-4-10(18)8-22/h6-7,9-10H,3-5,8,18H2,1-2H3,(H,19,20)(H,21,23)/t9-,10-/m1/s1. The number of nitrogens with one attached hydrogen (secondary N) is 2. The van der Waals surface area contributed by atoms with Crippen LogP contribution in [0.1, 0.15) is 19.8 Å². The van der Waals surface area contributed by atoms with E-state index in [9.17, 15) is 4.79 Å². The Bertz CT molecular complexity index is 747. The molecule has 0 saturated carbocycles. The van der Waals surface area contributed by atoms with Gasteiger partial charge in [0, 0.05) is 32.4 Å². The highest BCUT2D eigenvalue weighted by molar-refractivity contribution is 6.35. The third kappa shape index (κ3) is 3.19. The molecule has 3 heterocycles. The van der Waals surface area contributed by atoms with Crippen molar-refractivity contribution in [1.82, 2.24) is 9.97 Å². The number of hydrogen-bond donors (Lipinski definition) is 3. The normalized spacial score (nSPS) is 19.5. The highest BCUT2D eigenvalue weighted by atomic mass is 35.5. The van der Waals surface area contributed by atoms with E-state index in [0.717, 1.165) is 37.0 Å². The van der Waals surface area contributed by atoms with E-state index in [1.165, 1.54) is 7.11 Å². The Morgan fingerprint density at radius 2 is 2.42 bits per heavy atom. The van der Waals surface area contributed by atoms with Gasteiger partial charge >= 0.3 is 0 Å². The second kappa shape index (κ2) is 6.96. The highest BCUT2D eigenvalue weighted by Gasteiger charge is 2.24. The molecular weight excluding hydrogens is 330 g/mol. The Morgan fingerprint density at radius 3 is 3.12 bits per heavy atom. The third-order valence-corrected chi connectivity index (χ3v) is 4.66. The fraction of sp³-hybridized carbons (Fsp3) is 0.500. The molecule has 0 aromatic carbocycles. The van der Waals surface area contributed by atoms with Crippen LogP contribution >= 0.6 is 11.6 Å². The lowest BCUT2D eigenvalue weighted by Gasteiger charge is -2.33. The molecule has 3 rings (SSSR count). The van der Waals surface area contributed by atoms with Crippen LogP contribution in [0.5, 0.6) is 0 Å². The lowest BCUT2D eigenvalue weighted by atomic mass is 10.1. The smallest absolute Gasteiger partial charge is 0.253 e. The number of aromatic nitrogens is 2. The fourth-order valence-electron chi connectivity index (χ4n) is 3.02. The first kappa shape index (κ1) is 17.0. The zero-order valence-electron chi connectivity index (χ0n) is 13.8. The lowest BCUT2D eigenvalue weighted by Crippen LogP contribution is -2.43. The van der Waals surface area contributed by atoms with Crippen LogP contribution in [-0.4, -0.2) is 48.2 Å². The lowest BCUT2D eigenvalue weighted by molar-refractivity contribution is -0.124. The van der Waals surface area contributed by atoms with Crippen LogP contribution in [0, 0.1) is 0 Å². The van der Waals surface area contributed by atoms with E-state index < -0.39 is 6.10 Å².